The van der Waals surface area contributed by atoms with E-state index in [0.29, 0.717) is 0 Å². The molecule has 0 aromatic rings. The highest BCUT2D eigenvalue weighted by molar-refractivity contribution is 8.76. The third-order valence-corrected chi connectivity index (χ3v) is 2.53. The van der Waals surface area contributed by atoms with Crippen LogP contribution in [0.2, 0.25) is 0 Å². The first-order valence-electron chi connectivity index (χ1n) is 2.73. The molecule has 0 rings (SSSR count). The van der Waals surface area contributed by atoms with Gasteiger partial charge < -0.3 is 0 Å². The van der Waals surface area contributed by atoms with Gasteiger partial charge >= 0.3 is 0 Å². The van der Waals surface area contributed by atoms with Crippen molar-refractivity contribution in [3.63, 3.8) is 0 Å². The monoisotopic (exact) mass is 194 g/mol. The number of hydrogen-bond acceptors (Lipinski definition) is 3. The van der Waals surface area contributed by atoms with Crippen molar-refractivity contribution >= 4 is 33.3 Å². The van der Waals surface area contributed by atoms with E-state index in [0.717, 1.165) is 5.75 Å². The van der Waals surface area contributed by atoms with Crippen LogP contribution in [0.1, 0.15) is 0 Å². The van der Waals surface area contributed by atoms with Crippen molar-refractivity contribution in [1.82, 2.24) is 0 Å². The lowest BCUT2D eigenvalue weighted by atomic mass is 10.8. The third-order valence-electron chi connectivity index (χ3n) is 0.470. The summed E-state index contributed by atoms with van der Waals surface area (Å²) in [5, 5.41) is 1.79. The van der Waals surface area contributed by atoms with Gasteiger partial charge in [0.1, 0.15) is 0 Å². The lowest BCUT2D eigenvalue weighted by Gasteiger charge is -1.82. The first-order valence-corrected chi connectivity index (χ1v) is 6.75. The van der Waals surface area contributed by atoms with Crippen LogP contribution in [0.5, 0.6) is 0 Å². The molecule has 0 unspecified atom stereocenters. The van der Waals surface area contributed by atoms with Crippen molar-refractivity contribution in [2.75, 3.05) is 18.3 Å². The van der Waals surface area contributed by atoms with Crippen molar-refractivity contribution in [2.45, 2.75) is 0 Å². The van der Waals surface area contributed by atoms with E-state index >= 15 is 0 Å². The van der Waals surface area contributed by atoms with Crippen LogP contribution >= 0.6 is 33.3 Å². The molecule has 0 spiro atoms. The van der Waals surface area contributed by atoms with Crippen LogP contribution in [0.3, 0.4) is 0 Å². The molecule has 0 amide bonds. The van der Waals surface area contributed by atoms with E-state index < -0.39 is 0 Å². The molecule has 10 heavy (non-hydrogen) atoms. The van der Waals surface area contributed by atoms with Gasteiger partial charge in [-0.05, 0) is 17.9 Å². The second-order valence-corrected chi connectivity index (χ2v) is 4.56. The maximum Gasteiger partial charge on any atom is 0.0215 e. The van der Waals surface area contributed by atoms with Crippen LogP contribution in [-0.4, -0.2) is 18.3 Å². The zero-order valence-electron chi connectivity index (χ0n) is 6.50. The second-order valence-electron chi connectivity index (χ2n) is 1.14. The zero-order chi connectivity index (χ0) is 8.24. The van der Waals surface area contributed by atoms with Crippen molar-refractivity contribution < 1.29 is 0 Å². The Morgan fingerprint density at radius 3 is 1.90 bits per heavy atom. The third kappa shape index (κ3) is 23.6. The molecule has 0 bridgehead atoms. The Morgan fingerprint density at radius 2 is 1.80 bits per heavy atom. The summed E-state index contributed by atoms with van der Waals surface area (Å²) in [7, 11) is 3.58. The van der Waals surface area contributed by atoms with E-state index in [1.807, 2.05) is 12.3 Å². The molecule has 0 N–H and O–H groups in total. The molecule has 0 radical (unpaired) electrons. The molecule has 0 saturated heterocycles. The molecular formula is C7H14S3. The topological polar surface area (TPSA) is 0 Å². The van der Waals surface area contributed by atoms with Crippen LogP contribution in [0.15, 0.2) is 24.6 Å². The van der Waals surface area contributed by atoms with Gasteiger partial charge in [0.15, 0.2) is 0 Å². The van der Waals surface area contributed by atoms with Gasteiger partial charge in [-0.2, -0.15) is 0 Å². The molecule has 0 aromatic carbocycles. The fraction of sp³-hybridized carbons (Fsp3) is 0.429. The SMILES string of the molecule is C=CCSSC.C=CSC. The first-order chi connectivity index (χ1) is 4.83. The summed E-state index contributed by atoms with van der Waals surface area (Å²) in [5.41, 5.74) is 0. The summed E-state index contributed by atoms with van der Waals surface area (Å²) in [6.07, 6.45) is 5.95. The fourth-order valence-electron chi connectivity index (χ4n) is 0.116. The maximum absolute atomic E-state index is 3.56. The van der Waals surface area contributed by atoms with Gasteiger partial charge in [-0.1, -0.05) is 34.2 Å². The maximum atomic E-state index is 3.56. The molecule has 0 aliphatic rings. The van der Waals surface area contributed by atoms with Crippen LogP contribution in [0, 0.1) is 0 Å². The summed E-state index contributed by atoms with van der Waals surface area (Å²) < 4.78 is 0. The molecule has 60 valence electrons. The lowest BCUT2D eigenvalue weighted by Crippen LogP contribution is -1.56. The summed E-state index contributed by atoms with van der Waals surface area (Å²) in [6, 6.07) is 0. The molecular weight excluding hydrogens is 180 g/mol. The predicted molar refractivity (Wildman–Crippen MR) is 59.9 cm³/mol. The molecule has 0 aliphatic carbocycles. The summed E-state index contributed by atoms with van der Waals surface area (Å²) >= 11 is 1.62. The average Bonchev–Trinajstić information content (AvgIpc) is 2.01. The minimum atomic E-state index is 1.06. The lowest BCUT2D eigenvalue weighted by molar-refractivity contribution is 1.84. The Hall–Kier alpha value is 0.530. The van der Waals surface area contributed by atoms with Crippen molar-refractivity contribution in [3.05, 3.63) is 24.6 Å². The highest BCUT2D eigenvalue weighted by atomic mass is 33.1. The highest BCUT2D eigenvalue weighted by Crippen LogP contribution is 2.15. The van der Waals surface area contributed by atoms with Gasteiger partial charge in [0.05, 0.1) is 0 Å². The largest absolute Gasteiger partial charge is 0.138 e. The number of rotatable bonds is 4. The van der Waals surface area contributed by atoms with Crippen molar-refractivity contribution in [3.8, 4) is 0 Å². The van der Waals surface area contributed by atoms with Gasteiger partial charge in [0, 0.05) is 5.75 Å². The molecule has 3 heteroatoms. The van der Waals surface area contributed by atoms with Gasteiger partial charge in [-0.15, -0.1) is 18.3 Å². The van der Waals surface area contributed by atoms with Gasteiger partial charge in [0.25, 0.3) is 0 Å². The van der Waals surface area contributed by atoms with E-state index in [1.165, 1.54) is 0 Å². The average molecular weight is 194 g/mol. The second kappa shape index (κ2) is 16.3. The predicted octanol–water partition coefficient (Wildman–Crippen LogP) is 3.68. The van der Waals surface area contributed by atoms with Crippen LogP contribution in [0.25, 0.3) is 0 Å². The summed E-state index contributed by atoms with van der Waals surface area (Å²) in [4.78, 5) is 0. The quantitative estimate of drug-likeness (QED) is 0.381. The van der Waals surface area contributed by atoms with E-state index in [4.69, 9.17) is 0 Å². The Labute approximate surface area is 76.3 Å². The highest BCUT2D eigenvalue weighted by Gasteiger charge is 1.71. The molecule has 0 heterocycles. The van der Waals surface area contributed by atoms with E-state index in [9.17, 15) is 0 Å². The smallest absolute Gasteiger partial charge is 0.0215 e. The van der Waals surface area contributed by atoms with Gasteiger partial charge in [-0.3, -0.25) is 0 Å². The van der Waals surface area contributed by atoms with Crippen molar-refractivity contribution in [2.24, 2.45) is 0 Å². The standard InChI is InChI=1S/C4H8S2.C3H6S/c1-3-4-6-5-2;1-3-4-2/h3H,1,4H2,2H3;3H,1H2,2H3. The Bertz CT molecular complexity index is 71.3. The fourth-order valence-corrected chi connectivity index (χ4v) is 1.05. The molecule has 0 aliphatic heterocycles. The summed E-state index contributed by atoms with van der Waals surface area (Å²) in [5.74, 6) is 1.06. The Kier molecular flexibility index (Phi) is 21.4. The molecule has 0 fully saturated rings. The molecule has 0 saturated carbocycles. The zero-order valence-corrected chi connectivity index (χ0v) is 8.95. The minimum Gasteiger partial charge on any atom is -0.138 e. The van der Waals surface area contributed by atoms with Gasteiger partial charge in [-0.25, -0.2) is 0 Å². The number of hydrogen-bond donors (Lipinski definition) is 0. The molecule has 0 atom stereocenters. The Balaban J connectivity index is 0. The first kappa shape index (κ1) is 13.1. The summed E-state index contributed by atoms with van der Waals surface area (Å²) in [6.45, 7) is 7.01. The van der Waals surface area contributed by atoms with E-state index in [1.54, 1.807) is 38.8 Å². The Morgan fingerprint density at radius 1 is 1.30 bits per heavy atom. The normalized spacial score (nSPS) is 7.40. The number of thioether (sulfide) groups is 1. The molecule has 0 nitrogen and oxygen atoms in total. The van der Waals surface area contributed by atoms with E-state index in [-0.39, 0.29) is 0 Å². The van der Waals surface area contributed by atoms with Gasteiger partial charge in [0.2, 0.25) is 0 Å². The van der Waals surface area contributed by atoms with E-state index in [2.05, 4.69) is 19.4 Å². The van der Waals surface area contributed by atoms with Crippen LogP contribution in [0.4, 0.5) is 0 Å². The van der Waals surface area contributed by atoms with Crippen molar-refractivity contribution in [1.29, 1.82) is 0 Å². The van der Waals surface area contributed by atoms with Crippen LogP contribution < -0.4 is 0 Å². The minimum absolute atomic E-state index is 1.06. The van der Waals surface area contributed by atoms with Crippen LogP contribution in [-0.2, 0) is 0 Å². The molecule has 0 aromatic heterocycles.